The van der Waals surface area contributed by atoms with E-state index in [1.807, 2.05) is 30.0 Å². The maximum absolute atomic E-state index is 13.2. The number of methoxy groups -OCH3 is 1. The highest BCUT2D eigenvalue weighted by Crippen LogP contribution is 2.19. The molecule has 1 aliphatic rings. The second-order valence-corrected chi connectivity index (χ2v) is 6.82. The fraction of sp³-hybridized carbons (Fsp3) is 0.381. The molecule has 0 atom stereocenters. The van der Waals surface area contributed by atoms with E-state index >= 15 is 0 Å². The second kappa shape index (κ2) is 8.77. The standard InChI is InChI=1S/C21H25N3O3/c1-15-3-8-19(23-13-15)20(25)24(18-9-11-22-12-10-18)14-16-4-6-17(7-5-16)21(26)27-2/h3-8,13,18,22H,9-12,14H2,1-2H3. The second-order valence-electron chi connectivity index (χ2n) is 6.82. The number of piperidine rings is 1. The summed E-state index contributed by atoms with van der Waals surface area (Å²) in [5.41, 5.74) is 2.96. The lowest BCUT2D eigenvalue weighted by molar-refractivity contribution is 0.0595. The van der Waals surface area contributed by atoms with Crippen LogP contribution in [0.25, 0.3) is 0 Å². The molecule has 1 aromatic heterocycles. The molecular weight excluding hydrogens is 342 g/mol. The number of amides is 1. The van der Waals surface area contributed by atoms with Crippen molar-refractivity contribution in [2.75, 3.05) is 20.2 Å². The number of carbonyl (C=O) groups is 2. The zero-order valence-electron chi connectivity index (χ0n) is 15.8. The zero-order chi connectivity index (χ0) is 19.2. The molecule has 27 heavy (non-hydrogen) atoms. The lowest BCUT2D eigenvalue weighted by Gasteiger charge is -2.34. The average molecular weight is 367 g/mol. The summed E-state index contributed by atoms with van der Waals surface area (Å²) in [5.74, 6) is -0.421. The first-order chi connectivity index (χ1) is 13.1. The van der Waals surface area contributed by atoms with Gasteiger partial charge in [-0.05, 0) is 62.2 Å². The van der Waals surface area contributed by atoms with E-state index in [0.717, 1.165) is 37.1 Å². The lowest BCUT2D eigenvalue weighted by Crippen LogP contribution is -2.46. The van der Waals surface area contributed by atoms with Crippen LogP contribution in [0, 0.1) is 6.92 Å². The van der Waals surface area contributed by atoms with Crippen LogP contribution in [0.2, 0.25) is 0 Å². The third-order valence-electron chi connectivity index (χ3n) is 4.87. The number of hydrogen-bond donors (Lipinski definition) is 1. The fourth-order valence-corrected chi connectivity index (χ4v) is 3.29. The maximum Gasteiger partial charge on any atom is 0.337 e. The molecule has 1 amide bonds. The Labute approximate surface area is 159 Å². The molecule has 0 unspecified atom stereocenters. The molecule has 3 rings (SSSR count). The minimum atomic E-state index is -0.364. The molecule has 2 heterocycles. The van der Waals surface area contributed by atoms with Crippen LogP contribution in [0.4, 0.5) is 0 Å². The van der Waals surface area contributed by atoms with Crippen LogP contribution in [0.3, 0.4) is 0 Å². The van der Waals surface area contributed by atoms with E-state index in [1.165, 1.54) is 7.11 Å². The number of esters is 1. The van der Waals surface area contributed by atoms with Gasteiger partial charge in [0.25, 0.3) is 5.91 Å². The largest absolute Gasteiger partial charge is 0.465 e. The van der Waals surface area contributed by atoms with E-state index in [2.05, 4.69) is 10.3 Å². The number of pyridine rings is 1. The van der Waals surface area contributed by atoms with Crippen LogP contribution >= 0.6 is 0 Å². The number of rotatable bonds is 5. The smallest absolute Gasteiger partial charge is 0.337 e. The molecule has 1 fully saturated rings. The Morgan fingerprint density at radius 1 is 1.15 bits per heavy atom. The van der Waals surface area contributed by atoms with Gasteiger partial charge in [-0.2, -0.15) is 0 Å². The lowest BCUT2D eigenvalue weighted by atomic mass is 10.0. The highest BCUT2D eigenvalue weighted by Gasteiger charge is 2.27. The third kappa shape index (κ3) is 4.71. The Morgan fingerprint density at radius 3 is 2.44 bits per heavy atom. The molecule has 2 aromatic rings. The first-order valence-electron chi connectivity index (χ1n) is 9.20. The molecule has 142 valence electrons. The van der Waals surface area contributed by atoms with Gasteiger partial charge in [0, 0.05) is 18.8 Å². The summed E-state index contributed by atoms with van der Waals surface area (Å²) >= 11 is 0. The normalized spacial score (nSPS) is 14.6. The Balaban J connectivity index is 1.82. The van der Waals surface area contributed by atoms with E-state index in [4.69, 9.17) is 4.74 Å². The highest BCUT2D eigenvalue weighted by molar-refractivity contribution is 5.92. The van der Waals surface area contributed by atoms with Crippen molar-refractivity contribution in [1.82, 2.24) is 15.2 Å². The van der Waals surface area contributed by atoms with Gasteiger partial charge < -0.3 is 15.0 Å². The molecule has 0 radical (unpaired) electrons. The van der Waals surface area contributed by atoms with Crippen LogP contribution < -0.4 is 5.32 Å². The van der Waals surface area contributed by atoms with E-state index < -0.39 is 0 Å². The SMILES string of the molecule is COC(=O)c1ccc(CN(C(=O)c2ccc(C)cn2)C2CCNCC2)cc1. The first kappa shape index (κ1) is 19.0. The van der Waals surface area contributed by atoms with Crippen molar-refractivity contribution in [3.05, 3.63) is 65.0 Å². The van der Waals surface area contributed by atoms with Crippen LogP contribution in [0.5, 0.6) is 0 Å². The molecule has 0 saturated carbocycles. The highest BCUT2D eigenvalue weighted by atomic mass is 16.5. The topological polar surface area (TPSA) is 71.5 Å². The minimum absolute atomic E-state index is 0.0565. The predicted molar refractivity (Wildman–Crippen MR) is 103 cm³/mol. The van der Waals surface area contributed by atoms with E-state index in [9.17, 15) is 9.59 Å². The van der Waals surface area contributed by atoms with Crippen molar-refractivity contribution >= 4 is 11.9 Å². The first-order valence-corrected chi connectivity index (χ1v) is 9.20. The molecule has 0 aliphatic carbocycles. The van der Waals surface area contributed by atoms with Crippen LogP contribution in [-0.4, -0.2) is 48.0 Å². The molecule has 0 bridgehead atoms. The van der Waals surface area contributed by atoms with Crippen molar-refractivity contribution in [3.8, 4) is 0 Å². The van der Waals surface area contributed by atoms with Crippen molar-refractivity contribution in [2.24, 2.45) is 0 Å². The van der Waals surface area contributed by atoms with E-state index in [0.29, 0.717) is 17.8 Å². The Bertz CT molecular complexity index is 781. The number of aromatic nitrogens is 1. The average Bonchev–Trinajstić information content (AvgIpc) is 2.72. The maximum atomic E-state index is 13.2. The van der Waals surface area contributed by atoms with Crippen LogP contribution in [-0.2, 0) is 11.3 Å². The number of nitrogens with one attached hydrogen (secondary N) is 1. The number of carbonyl (C=O) groups excluding carboxylic acids is 2. The van der Waals surface area contributed by atoms with E-state index in [1.54, 1.807) is 24.4 Å². The summed E-state index contributed by atoms with van der Waals surface area (Å²) in [7, 11) is 1.36. The summed E-state index contributed by atoms with van der Waals surface area (Å²) in [4.78, 5) is 31.0. The number of ether oxygens (including phenoxy) is 1. The predicted octanol–water partition coefficient (Wildman–Crippen LogP) is 2.57. The summed E-state index contributed by atoms with van der Waals surface area (Å²) in [6.07, 6.45) is 3.55. The summed E-state index contributed by atoms with van der Waals surface area (Å²) in [5, 5.41) is 3.34. The molecule has 1 N–H and O–H groups in total. The van der Waals surface area contributed by atoms with Gasteiger partial charge in [0.15, 0.2) is 0 Å². The van der Waals surface area contributed by atoms with Gasteiger partial charge in [-0.1, -0.05) is 18.2 Å². The van der Waals surface area contributed by atoms with Crippen molar-refractivity contribution in [1.29, 1.82) is 0 Å². The van der Waals surface area contributed by atoms with Crippen LogP contribution in [0.1, 0.15) is 44.8 Å². The molecule has 1 aliphatic heterocycles. The van der Waals surface area contributed by atoms with Gasteiger partial charge in [-0.25, -0.2) is 4.79 Å². The number of hydrogen-bond acceptors (Lipinski definition) is 5. The van der Waals surface area contributed by atoms with Gasteiger partial charge >= 0.3 is 5.97 Å². The van der Waals surface area contributed by atoms with Crippen LogP contribution in [0.15, 0.2) is 42.6 Å². The quantitative estimate of drug-likeness (QED) is 0.823. The molecule has 6 nitrogen and oxygen atoms in total. The minimum Gasteiger partial charge on any atom is -0.465 e. The van der Waals surface area contributed by atoms with Crippen molar-refractivity contribution in [3.63, 3.8) is 0 Å². The molecule has 1 aromatic carbocycles. The molecular formula is C21H25N3O3. The van der Waals surface area contributed by atoms with Gasteiger partial charge in [-0.3, -0.25) is 9.78 Å². The van der Waals surface area contributed by atoms with Crippen molar-refractivity contribution < 1.29 is 14.3 Å². The monoisotopic (exact) mass is 367 g/mol. The number of benzene rings is 1. The molecule has 0 spiro atoms. The third-order valence-corrected chi connectivity index (χ3v) is 4.87. The van der Waals surface area contributed by atoms with Gasteiger partial charge in [0.2, 0.25) is 0 Å². The van der Waals surface area contributed by atoms with Crippen molar-refractivity contribution in [2.45, 2.75) is 32.4 Å². The molecule has 6 heteroatoms. The summed E-state index contributed by atoms with van der Waals surface area (Å²) < 4.78 is 4.74. The Morgan fingerprint density at radius 2 is 1.85 bits per heavy atom. The number of nitrogens with zero attached hydrogens (tertiary/aromatic N) is 2. The Kier molecular flexibility index (Phi) is 6.19. The zero-order valence-corrected chi connectivity index (χ0v) is 15.8. The van der Waals surface area contributed by atoms with E-state index in [-0.39, 0.29) is 17.9 Å². The fourth-order valence-electron chi connectivity index (χ4n) is 3.29. The van der Waals surface area contributed by atoms with Gasteiger partial charge in [-0.15, -0.1) is 0 Å². The van der Waals surface area contributed by atoms with Gasteiger partial charge in [0.1, 0.15) is 5.69 Å². The summed E-state index contributed by atoms with van der Waals surface area (Å²) in [6.45, 7) is 4.24. The number of aryl methyl sites for hydroxylation is 1. The summed E-state index contributed by atoms with van der Waals surface area (Å²) in [6, 6.07) is 11.1. The van der Waals surface area contributed by atoms with Gasteiger partial charge in [0.05, 0.1) is 12.7 Å². The Hall–Kier alpha value is -2.73. The molecule has 1 saturated heterocycles.